The fourth-order valence-electron chi connectivity index (χ4n) is 4.44. The molecule has 1 aliphatic rings. The Kier molecular flexibility index (Phi) is 5.41. The monoisotopic (exact) mass is 383 g/mol. The lowest BCUT2D eigenvalue weighted by Crippen LogP contribution is -2.30. The van der Waals surface area contributed by atoms with Gasteiger partial charge in [0.05, 0.1) is 5.92 Å². The standard InChI is InChI=1S/C26H25NO2/c1-18-13-15-19(16-14-18)24-23(26(29)21-11-7-4-8-12-21)22(17-27(24)2)25(28)20-9-5-3-6-10-20/h3-16,22-24H,17H2,1-2H3/t22-,23-,24-/m0/s1. The van der Waals surface area contributed by atoms with Gasteiger partial charge in [0.2, 0.25) is 0 Å². The first-order valence-corrected chi connectivity index (χ1v) is 10.0. The van der Waals surface area contributed by atoms with E-state index in [1.54, 1.807) is 0 Å². The zero-order valence-electron chi connectivity index (χ0n) is 16.8. The first-order valence-electron chi connectivity index (χ1n) is 10.0. The van der Waals surface area contributed by atoms with E-state index in [1.807, 2.05) is 67.7 Å². The lowest BCUT2D eigenvalue weighted by molar-refractivity contribution is 0.0785. The van der Waals surface area contributed by atoms with Gasteiger partial charge in [0.25, 0.3) is 0 Å². The van der Waals surface area contributed by atoms with E-state index < -0.39 is 5.92 Å². The van der Waals surface area contributed by atoms with Crippen molar-refractivity contribution in [3.63, 3.8) is 0 Å². The maximum Gasteiger partial charge on any atom is 0.168 e. The van der Waals surface area contributed by atoms with Crippen molar-refractivity contribution >= 4 is 11.6 Å². The molecule has 146 valence electrons. The Labute approximate surface area is 172 Å². The number of likely N-dealkylation sites (tertiary alicyclic amines) is 1. The highest BCUT2D eigenvalue weighted by molar-refractivity contribution is 6.05. The third-order valence-corrected chi connectivity index (χ3v) is 5.91. The summed E-state index contributed by atoms with van der Waals surface area (Å²) < 4.78 is 0. The molecule has 3 nitrogen and oxygen atoms in total. The van der Waals surface area contributed by atoms with Gasteiger partial charge in [-0.05, 0) is 19.5 Å². The van der Waals surface area contributed by atoms with Crippen LogP contribution in [0.1, 0.15) is 37.9 Å². The van der Waals surface area contributed by atoms with Crippen LogP contribution in [0.5, 0.6) is 0 Å². The summed E-state index contributed by atoms with van der Waals surface area (Å²) in [5, 5.41) is 0. The number of hydrogen-bond acceptors (Lipinski definition) is 3. The highest BCUT2D eigenvalue weighted by Gasteiger charge is 2.48. The van der Waals surface area contributed by atoms with Gasteiger partial charge >= 0.3 is 0 Å². The molecule has 29 heavy (non-hydrogen) atoms. The molecule has 1 heterocycles. The van der Waals surface area contributed by atoms with E-state index in [0.717, 1.165) is 5.56 Å². The van der Waals surface area contributed by atoms with E-state index in [1.165, 1.54) is 5.56 Å². The Bertz CT molecular complexity index is 996. The van der Waals surface area contributed by atoms with Crippen LogP contribution in [0.15, 0.2) is 84.9 Å². The molecule has 0 unspecified atom stereocenters. The molecule has 3 aromatic rings. The van der Waals surface area contributed by atoms with E-state index in [9.17, 15) is 9.59 Å². The van der Waals surface area contributed by atoms with Crippen LogP contribution < -0.4 is 0 Å². The second-order valence-corrected chi connectivity index (χ2v) is 7.89. The molecule has 0 radical (unpaired) electrons. The minimum atomic E-state index is -0.419. The Hall–Kier alpha value is -3.04. The van der Waals surface area contributed by atoms with Gasteiger partial charge in [0.15, 0.2) is 11.6 Å². The Balaban J connectivity index is 1.77. The van der Waals surface area contributed by atoms with Crippen LogP contribution in [0.25, 0.3) is 0 Å². The average molecular weight is 383 g/mol. The highest BCUT2D eigenvalue weighted by atomic mass is 16.1. The first-order chi connectivity index (χ1) is 14.1. The third kappa shape index (κ3) is 3.79. The van der Waals surface area contributed by atoms with Crippen LogP contribution >= 0.6 is 0 Å². The van der Waals surface area contributed by atoms with Crippen molar-refractivity contribution in [3.05, 3.63) is 107 Å². The number of carbonyl (C=O) groups is 2. The summed E-state index contributed by atoms with van der Waals surface area (Å²) in [5.41, 5.74) is 3.59. The predicted molar refractivity (Wildman–Crippen MR) is 115 cm³/mol. The Morgan fingerprint density at radius 2 is 1.28 bits per heavy atom. The molecule has 1 fully saturated rings. The third-order valence-electron chi connectivity index (χ3n) is 5.91. The minimum absolute atomic E-state index is 0.0369. The molecular formula is C26H25NO2. The molecule has 4 rings (SSSR count). The smallest absolute Gasteiger partial charge is 0.168 e. The van der Waals surface area contributed by atoms with E-state index >= 15 is 0 Å². The Morgan fingerprint density at radius 1 is 0.759 bits per heavy atom. The second-order valence-electron chi connectivity index (χ2n) is 7.89. The molecule has 3 atom stereocenters. The fourth-order valence-corrected chi connectivity index (χ4v) is 4.44. The lowest BCUT2D eigenvalue weighted by Gasteiger charge is -2.26. The van der Waals surface area contributed by atoms with Crippen molar-refractivity contribution in [2.45, 2.75) is 13.0 Å². The SMILES string of the molecule is Cc1ccc([C@H]2[C@@H](C(=O)c3ccccc3)[C@@H](C(=O)c3ccccc3)CN2C)cc1. The summed E-state index contributed by atoms with van der Waals surface area (Å²) in [6.45, 7) is 2.62. The summed E-state index contributed by atoms with van der Waals surface area (Å²) in [4.78, 5) is 29.2. The molecule has 3 heteroatoms. The van der Waals surface area contributed by atoms with E-state index in [2.05, 4.69) is 36.1 Å². The number of aryl methyl sites for hydroxylation is 1. The van der Waals surface area contributed by atoms with Crippen molar-refractivity contribution in [2.75, 3.05) is 13.6 Å². The van der Waals surface area contributed by atoms with Crippen LogP contribution in [0, 0.1) is 18.8 Å². The summed E-state index contributed by atoms with van der Waals surface area (Å²) >= 11 is 0. The molecule has 0 spiro atoms. The number of nitrogens with zero attached hydrogens (tertiary/aromatic N) is 1. The summed E-state index contributed by atoms with van der Waals surface area (Å²) in [7, 11) is 2.01. The lowest BCUT2D eigenvalue weighted by atomic mass is 9.78. The molecule has 1 aliphatic heterocycles. The molecule has 0 amide bonds. The Morgan fingerprint density at radius 3 is 1.83 bits per heavy atom. The van der Waals surface area contributed by atoms with E-state index in [0.29, 0.717) is 17.7 Å². The minimum Gasteiger partial charge on any atom is -0.298 e. The van der Waals surface area contributed by atoms with E-state index in [4.69, 9.17) is 0 Å². The fraction of sp³-hybridized carbons (Fsp3) is 0.231. The van der Waals surface area contributed by atoms with Gasteiger partial charge in [-0.3, -0.25) is 14.5 Å². The van der Waals surface area contributed by atoms with Gasteiger partial charge in [0, 0.05) is 29.6 Å². The van der Waals surface area contributed by atoms with Crippen LogP contribution in [-0.4, -0.2) is 30.1 Å². The molecule has 0 N–H and O–H groups in total. The largest absolute Gasteiger partial charge is 0.298 e. The molecule has 0 aromatic heterocycles. The zero-order chi connectivity index (χ0) is 20.4. The van der Waals surface area contributed by atoms with Gasteiger partial charge in [0.1, 0.15) is 0 Å². The van der Waals surface area contributed by atoms with Crippen LogP contribution in [0.4, 0.5) is 0 Å². The maximum absolute atomic E-state index is 13.6. The molecule has 0 saturated carbocycles. The maximum atomic E-state index is 13.6. The molecule has 0 aliphatic carbocycles. The van der Waals surface area contributed by atoms with Gasteiger partial charge < -0.3 is 0 Å². The zero-order valence-corrected chi connectivity index (χ0v) is 16.8. The topological polar surface area (TPSA) is 37.4 Å². The number of ketones is 2. The average Bonchev–Trinajstić information content (AvgIpc) is 3.11. The van der Waals surface area contributed by atoms with Crippen molar-refractivity contribution in [2.24, 2.45) is 11.8 Å². The number of Topliss-reactive ketones (excluding diaryl/α,β-unsaturated/α-hetero) is 2. The van der Waals surface area contributed by atoms with Crippen molar-refractivity contribution in [1.82, 2.24) is 4.90 Å². The van der Waals surface area contributed by atoms with Gasteiger partial charge in [-0.15, -0.1) is 0 Å². The summed E-state index contributed by atoms with van der Waals surface area (Å²) in [6, 6.07) is 26.8. The highest BCUT2D eigenvalue weighted by Crippen LogP contribution is 2.43. The first kappa shape index (κ1) is 19.3. The number of hydrogen-bond donors (Lipinski definition) is 0. The van der Waals surface area contributed by atoms with Crippen LogP contribution in [-0.2, 0) is 0 Å². The van der Waals surface area contributed by atoms with Crippen molar-refractivity contribution in [1.29, 1.82) is 0 Å². The van der Waals surface area contributed by atoms with Gasteiger partial charge in [-0.1, -0.05) is 90.5 Å². The van der Waals surface area contributed by atoms with Crippen LogP contribution in [0.2, 0.25) is 0 Å². The van der Waals surface area contributed by atoms with Crippen molar-refractivity contribution in [3.8, 4) is 0 Å². The number of carbonyl (C=O) groups excluding carboxylic acids is 2. The normalized spacial score (nSPS) is 21.8. The van der Waals surface area contributed by atoms with Gasteiger partial charge in [-0.2, -0.15) is 0 Å². The molecule has 1 saturated heterocycles. The predicted octanol–water partition coefficient (Wildman–Crippen LogP) is 4.98. The molecule has 3 aromatic carbocycles. The molecular weight excluding hydrogens is 358 g/mol. The summed E-state index contributed by atoms with van der Waals surface area (Å²) in [6.07, 6.45) is 0. The van der Waals surface area contributed by atoms with E-state index in [-0.39, 0.29) is 23.5 Å². The second kappa shape index (κ2) is 8.14. The van der Waals surface area contributed by atoms with Gasteiger partial charge in [-0.25, -0.2) is 0 Å². The number of benzene rings is 3. The molecule has 0 bridgehead atoms. The summed E-state index contributed by atoms with van der Waals surface area (Å²) in [5.74, 6) is -0.713. The quantitative estimate of drug-likeness (QED) is 0.583. The van der Waals surface area contributed by atoms with Crippen molar-refractivity contribution < 1.29 is 9.59 Å². The number of rotatable bonds is 5. The van der Waals surface area contributed by atoms with Crippen LogP contribution in [0.3, 0.4) is 0 Å².